The predicted molar refractivity (Wildman–Crippen MR) is 168 cm³/mol. The number of benzene rings is 2. The molecule has 3 rings (SSSR count). The van der Waals surface area contributed by atoms with Crippen LogP contribution in [0.5, 0.6) is 0 Å². The Morgan fingerprint density at radius 1 is 0.907 bits per heavy atom. The maximum atomic E-state index is 13.5. The Labute approximate surface area is 255 Å². The van der Waals surface area contributed by atoms with Gasteiger partial charge in [-0.1, -0.05) is 83.0 Å². The van der Waals surface area contributed by atoms with E-state index in [1.807, 2.05) is 63.2 Å². The zero-order valence-electron chi connectivity index (χ0n) is 26.1. The van der Waals surface area contributed by atoms with Crippen molar-refractivity contribution in [2.24, 2.45) is 23.5 Å². The number of nitrogens with one attached hydrogen (secondary N) is 2. The molecule has 0 spiro atoms. The molecule has 0 bridgehead atoms. The molecule has 43 heavy (non-hydrogen) atoms. The summed E-state index contributed by atoms with van der Waals surface area (Å²) in [7, 11) is 0. The molecule has 9 heteroatoms. The standard InChI is InChI=1S/C34H48N4O5/c1-5-23(4)30(37-33(42)27(17-22(2)3)20-28(39)21-38-15-9-6-10-16-38)31(40)34(43)36-29(32(35)41)19-24-13-14-25-11-7-8-12-26(25)18-24/h7-8,11-14,18,22-23,27,29-30H,5-6,9-10,15-17,19-21H2,1-4H3,(H2,35,41)(H,36,43)(H,37,42)/t23-,27+,29-,30?/m0/s1. The van der Waals surface area contributed by atoms with Gasteiger partial charge in [-0.25, -0.2) is 0 Å². The molecule has 2 aromatic rings. The van der Waals surface area contributed by atoms with Crippen molar-refractivity contribution in [2.75, 3.05) is 19.6 Å². The van der Waals surface area contributed by atoms with Crippen molar-refractivity contribution in [3.63, 3.8) is 0 Å². The number of nitrogens with two attached hydrogens (primary N) is 1. The van der Waals surface area contributed by atoms with E-state index in [1.165, 1.54) is 6.42 Å². The van der Waals surface area contributed by atoms with Crippen LogP contribution in [0.2, 0.25) is 0 Å². The third kappa shape index (κ3) is 10.3. The highest BCUT2D eigenvalue weighted by Crippen LogP contribution is 2.20. The average molecular weight is 593 g/mol. The topological polar surface area (TPSA) is 139 Å². The molecule has 4 N–H and O–H groups in total. The minimum Gasteiger partial charge on any atom is -0.368 e. The van der Waals surface area contributed by atoms with E-state index in [9.17, 15) is 24.0 Å². The fourth-order valence-electron chi connectivity index (χ4n) is 5.73. The Balaban J connectivity index is 1.69. The molecule has 1 aliphatic rings. The fraction of sp³-hybridized carbons (Fsp3) is 0.559. The SMILES string of the molecule is CC[C@H](C)C(NC(=O)[C@@H](CC(=O)CN1CCCCC1)CC(C)C)C(=O)C(=O)N[C@@H](Cc1ccc2ccccc2c1)C(N)=O. The largest absolute Gasteiger partial charge is 0.368 e. The first kappa shape index (κ1) is 33.9. The minimum absolute atomic E-state index is 0.00449. The van der Waals surface area contributed by atoms with Gasteiger partial charge in [0.15, 0.2) is 0 Å². The van der Waals surface area contributed by atoms with E-state index < -0.39 is 41.5 Å². The van der Waals surface area contributed by atoms with Crippen molar-refractivity contribution in [3.05, 3.63) is 48.0 Å². The summed E-state index contributed by atoms with van der Waals surface area (Å²) in [6, 6.07) is 11.3. The van der Waals surface area contributed by atoms with E-state index in [2.05, 4.69) is 15.5 Å². The summed E-state index contributed by atoms with van der Waals surface area (Å²) in [5, 5.41) is 7.34. The number of likely N-dealkylation sites (tertiary alicyclic amines) is 1. The second-order valence-electron chi connectivity index (χ2n) is 12.5. The highest BCUT2D eigenvalue weighted by Gasteiger charge is 2.35. The smallest absolute Gasteiger partial charge is 0.290 e. The van der Waals surface area contributed by atoms with Crippen LogP contribution in [-0.2, 0) is 30.4 Å². The Morgan fingerprint density at radius 3 is 2.21 bits per heavy atom. The van der Waals surface area contributed by atoms with E-state index in [1.54, 1.807) is 6.92 Å². The molecular formula is C34H48N4O5. The highest BCUT2D eigenvalue weighted by molar-refractivity contribution is 6.38. The van der Waals surface area contributed by atoms with Crippen LogP contribution in [-0.4, -0.2) is 65.9 Å². The summed E-state index contributed by atoms with van der Waals surface area (Å²) in [5.41, 5.74) is 6.40. The number of piperidine rings is 1. The Hall–Kier alpha value is -3.59. The lowest BCUT2D eigenvalue weighted by Crippen LogP contribution is -2.55. The van der Waals surface area contributed by atoms with E-state index in [4.69, 9.17) is 5.73 Å². The maximum Gasteiger partial charge on any atom is 0.290 e. The molecule has 0 saturated carbocycles. The summed E-state index contributed by atoms with van der Waals surface area (Å²) >= 11 is 0. The molecule has 1 aliphatic heterocycles. The van der Waals surface area contributed by atoms with Crippen molar-refractivity contribution >= 4 is 40.1 Å². The summed E-state index contributed by atoms with van der Waals surface area (Å²) in [6.07, 6.45) is 4.54. The second-order valence-corrected chi connectivity index (χ2v) is 12.5. The molecule has 1 unspecified atom stereocenters. The number of carbonyl (C=O) groups is 5. The van der Waals surface area contributed by atoms with Gasteiger partial charge in [-0.05, 0) is 60.5 Å². The molecule has 3 amide bonds. The van der Waals surface area contributed by atoms with Crippen LogP contribution >= 0.6 is 0 Å². The quantitative estimate of drug-likeness (QED) is 0.255. The molecule has 0 radical (unpaired) electrons. The van der Waals surface area contributed by atoms with E-state index >= 15 is 0 Å². The molecule has 4 atom stereocenters. The summed E-state index contributed by atoms with van der Waals surface area (Å²) < 4.78 is 0. The normalized spacial score (nSPS) is 16.7. The fourth-order valence-corrected chi connectivity index (χ4v) is 5.73. The van der Waals surface area contributed by atoms with Crippen molar-refractivity contribution in [1.82, 2.24) is 15.5 Å². The van der Waals surface area contributed by atoms with Gasteiger partial charge in [0.2, 0.25) is 17.6 Å². The summed E-state index contributed by atoms with van der Waals surface area (Å²) in [4.78, 5) is 67.5. The lowest BCUT2D eigenvalue weighted by atomic mass is 9.89. The van der Waals surface area contributed by atoms with Gasteiger partial charge in [-0.3, -0.25) is 28.9 Å². The van der Waals surface area contributed by atoms with Crippen LogP contribution in [0.1, 0.15) is 71.8 Å². The molecule has 1 heterocycles. The number of primary amides is 1. The van der Waals surface area contributed by atoms with Crippen molar-refractivity contribution in [2.45, 2.75) is 84.7 Å². The van der Waals surface area contributed by atoms with E-state index in [0.717, 1.165) is 42.3 Å². The molecule has 2 aromatic carbocycles. The van der Waals surface area contributed by atoms with Gasteiger partial charge < -0.3 is 16.4 Å². The number of nitrogens with zero attached hydrogens (tertiary/aromatic N) is 1. The maximum absolute atomic E-state index is 13.5. The first-order valence-corrected chi connectivity index (χ1v) is 15.6. The lowest BCUT2D eigenvalue weighted by molar-refractivity contribution is -0.142. The third-order valence-corrected chi connectivity index (χ3v) is 8.37. The minimum atomic E-state index is -1.10. The average Bonchev–Trinajstić information content (AvgIpc) is 2.98. The zero-order chi connectivity index (χ0) is 31.5. The summed E-state index contributed by atoms with van der Waals surface area (Å²) in [6.45, 7) is 9.73. The number of fused-ring (bicyclic) bond motifs is 1. The molecular weight excluding hydrogens is 544 g/mol. The number of ketones is 2. The molecule has 1 saturated heterocycles. The number of rotatable bonds is 16. The van der Waals surface area contributed by atoms with E-state index in [0.29, 0.717) is 19.4 Å². The van der Waals surface area contributed by atoms with Gasteiger partial charge in [0.25, 0.3) is 5.91 Å². The molecule has 9 nitrogen and oxygen atoms in total. The molecule has 0 aromatic heterocycles. The monoisotopic (exact) mass is 592 g/mol. The van der Waals surface area contributed by atoms with Crippen molar-refractivity contribution in [1.29, 1.82) is 0 Å². The van der Waals surface area contributed by atoms with Gasteiger partial charge >= 0.3 is 0 Å². The van der Waals surface area contributed by atoms with Crippen LogP contribution < -0.4 is 16.4 Å². The molecule has 0 aliphatic carbocycles. The number of amides is 3. The number of hydrogen-bond donors (Lipinski definition) is 3. The van der Waals surface area contributed by atoms with Gasteiger partial charge in [0, 0.05) is 18.8 Å². The van der Waals surface area contributed by atoms with E-state index in [-0.39, 0.29) is 30.5 Å². The van der Waals surface area contributed by atoms with Crippen LogP contribution in [0.4, 0.5) is 0 Å². The van der Waals surface area contributed by atoms with Gasteiger partial charge in [-0.2, -0.15) is 0 Å². The van der Waals surface area contributed by atoms with Gasteiger partial charge in [-0.15, -0.1) is 0 Å². The van der Waals surface area contributed by atoms with Crippen LogP contribution in [0.3, 0.4) is 0 Å². The third-order valence-electron chi connectivity index (χ3n) is 8.37. The first-order valence-electron chi connectivity index (χ1n) is 15.6. The van der Waals surface area contributed by atoms with Crippen molar-refractivity contribution in [3.8, 4) is 0 Å². The van der Waals surface area contributed by atoms with Crippen LogP contribution in [0, 0.1) is 17.8 Å². The zero-order valence-corrected chi connectivity index (χ0v) is 26.1. The predicted octanol–water partition coefficient (Wildman–Crippen LogP) is 3.56. The number of Topliss-reactive ketones (excluding diaryl/α,β-unsaturated/α-hetero) is 2. The number of carbonyl (C=O) groups excluding carboxylic acids is 5. The van der Waals surface area contributed by atoms with Crippen molar-refractivity contribution < 1.29 is 24.0 Å². The first-order chi connectivity index (χ1) is 20.5. The van der Waals surface area contributed by atoms with Crippen LogP contribution in [0.25, 0.3) is 10.8 Å². The van der Waals surface area contributed by atoms with Gasteiger partial charge in [0.1, 0.15) is 11.8 Å². The summed E-state index contributed by atoms with van der Waals surface area (Å²) in [5.74, 6) is -3.77. The van der Waals surface area contributed by atoms with Crippen LogP contribution in [0.15, 0.2) is 42.5 Å². The Kier molecular flexibility index (Phi) is 12.9. The highest BCUT2D eigenvalue weighted by atomic mass is 16.2. The number of hydrogen-bond acceptors (Lipinski definition) is 6. The Bertz CT molecular complexity index is 1290. The molecule has 1 fully saturated rings. The Morgan fingerprint density at radius 2 is 1.58 bits per heavy atom. The second kappa shape index (κ2) is 16.3. The van der Waals surface area contributed by atoms with Gasteiger partial charge in [0.05, 0.1) is 12.6 Å². The molecule has 234 valence electrons. The lowest BCUT2D eigenvalue weighted by Gasteiger charge is -2.28.